The van der Waals surface area contributed by atoms with Gasteiger partial charge in [0, 0.05) is 0 Å². The summed E-state index contributed by atoms with van der Waals surface area (Å²) in [4.78, 5) is 16.4. The zero-order valence-corrected chi connectivity index (χ0v) is 5.99. The molecule has 0 saturated carbocycles. The summed E-state index contributed by atoms with van der Waals surface area (Å²) in [6, 6.07) is 0. The maximum absolute atomic E-state index is 10.0. The average molecular weight is 158 g/mol. The molecule has 4 nitrogen and oxygen atoms in total. The van der Waals surface area contributed by atoms with E-state index in [2.05, 4.69) is 5.73 Å². The van der Waals surface area contributed by atoms with Crippen LogP contribution in [0, 0.1) is 0 Å². The maximum Gasteiger partial charge on any atom is 0.384 e. The Hall–Kier alpha value is 0.460. The van der Waals surface area contributed by atoms with Gasteiger partial charge in [0.15, 0.2) is 0 Å². The van der Waals surface area contributed by atoms with E-state index in [1.54, 1.807) is 0 Å². The Morgan fingerprint density at radius 2 is 2.12 bits per heavy atom. The molecular formula is C2H9NO3PS+. The van der Waals surface area contributed by atoms with E-state index in [9.17, 15) is 4.57 Å². The molecule has 5 N–H and O–H groups in total. The second kappa shape index (κ2) is 3.48. The summed E-state index contributed by atoms with van der Waals surface area (Å²) in [5, 5.41) is 0. The van der Waals surface area contributed by atoms with E-state index in [-0.39, 0.29) is 0 Å². The van der Waals surface area contributed by atoms with Gasteiger partial charge in [0.2, 0.25) is 0 Å². The molecule has 0 atom stereocenters. The molecule has 0 aliphatic rings. The molecule has 6 heteroatoms. The lowest BCUT2D eigenvalue weighted by molar-refractivity contribution is -0.360. The van der Waals surface area contributed by atoms with Gasteiger partial charge in [-0.15, -0.1) is 0 Å². The first-order valence-electron chi connectivity index (χ1n) is 2.05. The van der Waals surface area contributed by atoms with Gasteiger partial charge in [0.05, 0.1) is 12.3 Å². The molecule has 0 aliphatic carbocycles. The van der Waals surface area contributed by atoms with Crippen LogP contribution in [0.3, 0.4) is 0 Å². The van der Waals surface area contributed by atoms with Crippen molar-refractivity contribution in [2.75, 3.05) is 12.3 Å². The van der Waals surface area contributed by atoms with Crippen molar-refractivity contribution in [3.63, 3.8) is 0 Å². The molecule has 0 aromatic rings. The second-order valence-electron chi connectivity index (χ2n) is 1.18. The van der Waals surface area contributed by atoms with E-state index >= 15 is 0 Å². The predicted octanol–water partition coefficient (Wildman–Crippen LogP) is -0.946. The molecule has 0 saturated heterocycles. The number of quaternary nitrogens is 1. The lowest BCUT2D eigenvalue weighted by Crippen LogP contribution is -2.51. The van der Waals surface area contributed by atoms with E-state index in [1.807, 2.05) is 0 Å². The van der Waals surface area contributed by atoms with E-state index in [0.717, 1.165) is 0 Å². The highest BCUT2D eigenvalue weighted by atomic mass is 32.7. The highest BCUT2D eigenvalue weighted by Gasteiger charge is 2.11. The quantitative estimate of drug-likeness (QED) is 0.462. The number of hydrogen-bond donors (Lipinski definition) is 3. The van der Waals surface area contributed by atoms with Crippen LogP contribution in [0.15, 0.2) is 0 Å². The Morgan fingerprint density at radius 3 is 2.25 bits per heavy atom. The van der Waals surface area contributed by atoms with Crippen molar-refractivity contribution in [2.24, 2.45) is 0 Å². The third kappa shape index (κ3) is 6.46. The molecule has 0 heterocycles. The highest BCUT2D eigenvalue weighted by Crippen LogP contribution is 2.49. The van der Waals surface area contributed by atoms with Crippen molar-refractivity contribution in [2.45, 2.75) is 0 Å². The Morgan fingerprint density at radius 1 is 1.62 bits per heavy atom. The maximum atomic E-state index is 10.0. The van der Waals surface area contributed by atoms with Crippen molar-refractivity contribution < 1.29 is 20.1 Å². The summed E-state index contributed by atoms with van der Waals surface area (Å²) >= 11 is 0.638. The summed E-state index contributed by atoms with van der Waals surface area (Å²) in [6.45, 7) is -3.25. The fourth-order valence-electron chi connectivity index (χ4n) is 0.183. The topological polar surface area (TPSA) is 85.2 Å². The predicted molar refractivity (Wildman–Crippen MR) is 32.3 cm³/mol. The van der Waals surface area contributed by atoms with Crippen LogP contribution in [0.4, 0.5) is 0 Å². The SMILES string of the molecule is [NH3+]CCSP(=O)(O)O. The van der Waals surface area contributed by atoms with Crippen LogP contribution in [0.5, 0.6) is 0 Å². The van der Waals surface area contributed by atoms with Crippen molar-refractivity contribution in [1.29, 1.82) is 0 Å². The van der Waals surface area contributed by atoms with Crippen LogP contribution < -0.4 is 5.73 Å². The molecule has 0 spiro atoms. The Balaban J connectivity index is 3.26. The van der Waals surface area contributed by atoms with E-state index in [4.69, 9.17) is 9.79 Å². The van der Waals surface area contributed by atoms with E-state index in [1.165, 1.54) is 0 Å². The van der Waals surface area contributed by atoms with Crippen LogP contribution in [-0.4, -0.2) is 22.1 Å². The molecule has 50 valence electrons. The average Bonchev–Trinajstić information content (AvgIpc) is 1.59. The molecule has 0 aromatic heterocycles. The third-order valence-corrected chi connectivity index (χ3v) is 2.77. The first kappa shape index (κ1) is 8.46. The molecule has 0 unspecified atom stereocenters. The molecule has 0 amide bonds. The molecule has 0 radical (unpaired) electrons. The van der Waals surface area contributed by atoms with Crippen molar-refractivity contribution in [3.05, 3.63) is 0 Å². The van der Waals surface area contributed by atoms with Gasteiger partial charge in [-0.2, -0.15) is 0 Å². The first-order chi connectivity index (χ1) is 3.56. The van der Waals surface area contributed by atoms with Crippen LogP contribution in [0.2, 0.25) is 0 Å². The Kier molecular flexibility index (Phi) is 3.68. The van der Waals surface area contributed by atoms with Crippen LogP contribution in [-0.2, 0) is 4.57 Å². The van der Waals surface area contributed by atoms with E-state index < -0.39 is 6.80 Å². The smallest absolute Gasteiger partial charge is 0.357 e. The zero-order chi connectivity index (χ0) is 6.62. The fourth-order valence-corrected chi connectivity index (χ4v) is 1.65. The molecule has 0 rings (SSSR count). The zero-order valence-electron chi connectivity index (χ0n) is 4.28. The molecule has 0 aliphatic heterocycles. The Labute approximate surface area is 51.4 Å². The van der Waals surface area contributed by atoms with Crippen LogP contribution >= 0.6 is 18.2 Å². The molecule has 8 heavy (non-hydrogen) atoms. The first-order valence-corrected chi connectivity index (χ1v) is 5.26. The van der Waals surface area contributed by atoms with Gasteiger partial charge in [-0.05, 0) is 11.4 Å². The van der Waals surface area contributed by atoms with Gasteiger partial charge < -0.3 is 15.5 Å². The second-order valence-corrected chi connectivity index (χ2v) is 5.03. The van der Waals surface area contributed by atoms with Crippen molar-refractivity contribution >= 4 is 18.2 Å². The van der Waals surface area contributed by atoms with Gasteiger partial charge in [0.25, 0.3) is 0 Å². The minimum absolute atomic E-state index is 0.421. The van der Waals surface area contributed by atoms with Gasteiger partial charge in [-0.1, -0.05) is 0 Å². The van der Waals surface area contributed by atoms with Gasteiger partial charge >= 0.3 is 6.80 Å². The summed E-state index contributed by atoms with van der Waals surface area (Å²) in [7, 11) is 0. The fraction of sp³-hybridized carbons (Fsp3) is 1.00. The van der Waals surface area contributed by atoms with Gasteiger partial charge in [-0.3, -0.25) is 0 Å². The largest absolute Gasteiger partial charge is 0.384 e. The monoisotopic (exact) mass is 158 g/mol. The summed E-state index contributed by atoms with van der Waals surface area (Å²) in [6.07, 6.45) is 0. The third-order valence-electron chi connectivity index (χ3n) is 0.404. The number of hydrogen-bond acceptors (Lipinski definition) is 2. The summed E-state index contributed by atoms with van der Waals surface area (Å²) in [5.41, 5.74) is 3.42. The van der Waals surface area contributed by atoms with Gasteiger partial charge in [0.1, 0.15) is 0 Å². The van der Waals surface area contributed by atoms with Crippen molar-refractivity contribution in [1.82, 2.24) is 0 Å². The molecule has 0 bridgehead atoms. The molecular weight excluding hydrogens is 149 g/mol. The minimum Gasteiger partial charge on any atom is -0.357 e. The lowest BCUT2D eigenvalue weighted by Gasteiger charge is -1.97. The highest BCUT2D eigenvalue weighted by molar-refractivity contribution is 8.54. The summed E-state index contributed by atoms with van der Waals surface area (Å²) < 4.78 is 10.0. The van der Waals surface area contributed by atoms with E-state index in [0.29, 0.717) is 23.7 Å². The van der Waals surface area contributed by atoms with Crippen molar-refractivity contribution in [3.8, 4) is 0 Å². The minimum atomic E-state index is -3.81. The molecule has 0 fully saturated rings. The standard InChI is InChI=1S/C2H8NO3PS/c3-1-2-8-7(4,5)6/h1-3H2,(H2,4,5,6)/p+1. The number of rotatable bonds is 3. The van der Waals surface area contributed by atoms with Gasteiger partial charge in [-0.25, -0.2) is 4.57 Å². The lowest BCUT2D eigenvalue weighted by atomic mass is 10.8. The Bertz CT molecular complexity index is 101. The molecule has 0 aromatic carbocycles. The normalized spacial score (nSPS) is 11.9. The summed E-state index contributed by atoms with van der Waals surface area (Å²) in [5.74, 6) is 0.421. The van der Waals surface area contributed by atoms with Crippen LogP contribution in [0.25, 0.3) is 0 Å². The van der Waals surface area contributed by atoms with Crippen LogP contribution in [0.1, 0.15) is 0 Å².